The molecule has 0 aliphatic carbocycles. The minimum Gasteiger partial charge on any atom is -0.454 e. The molecule has 2 aromatic rings. The molecule has 0 fully saturated rings. The molecule has 0 aromatic heterocycles. The Balaban J connectivity index is 2.22. The van der Waals surface area contributed by atoms with Crippen LogP contribution < -0.4 is 10.5 Å². The molecule has 19 heavy (non-hydrogen) atoms. The molecule has 0 saturated heterocycles. The van der Waals surface area contributed by atoms with Gasteiger partial charge in [0.2, 0.25) is 0 Å². The standard InChI is InChI=1S/C13H9F4NO/c14-11-6-3-9(18)7-12(11)19-10-4-1-8(2-5-10)13(15,16)17/h1-7H,18H2. The Bertz CT molecular complexity index is 578. The topological polar surface area (TPSA) is 35.2 Å². The molecule has 0 heterocycles. The van der Waals surface area contributed by atoms with E-state index in [0.717, 1.165) is 30.3 Å². The van der Waals surface area contributed by atoms with Gasteiger partial charge in [-0.1, -0.05) is 0 Å². The van der Waals surface area contributed by atoms with Crippen LogP contribution in [0.3, 0.4) is 0 Å². The van der Waals surface area contributed by atoms with E-state index < -0.39 is 17.6 Å². The second kappa shape index (κ2) is 4.79. The van der Waals surface area contributed by atoms with Gasteiger partial charge >= 0.3 is 6.18 Å². The van der Waals surface area contributed by atoms with Gasteiger partial charge in [-0.3, -0.25) is 0 Å². The average molecular weight is 271 g/mol. The number of ether oxygens (including phenoxy) is 1. The zero-order valence-electron chi connectivity index (χ0n) is 9.54. The number of halogens is 4. The van der Waals surface area contributed by atoms with Crippen LogP contribution in [-0.2, 0) is 6.18 Å². The summed E-state index contributed by atoms with van der Waals surface area (Å²) in [6, 6.07) is 7.69. The van der Waals surface area contributed by atoms with Gasteiger partial charge in [-0.2, -0.15) is 13.2 Å². The molecule has 100 valence electrons. The van der Waals surface area contributed by atoms with E-state index in [1.807, 2.05) is 0 Å². The second-order valence-corrected chi connectivity index (χ2v) is 3.81. The predicted molar refractivity (Wildman–Crippen MR) is 62.3 cm³/mol. The fraction of sp³-hybridized carbons (Fsp3) is 0.0769. The molecule has 0 bridgehead atoms. The van der Waals surface area contributed by atoms with Gasteiger partial charge in [-0.25, -0.2) is 4.39 Å². The predicted octanol–water partition coefficient (Wildman–Crippen LogP) is 4.22. The maximum atomic E-state index is 13.4. The lowest BCUT2D eigenvalue weighted by Crippen LogP contribution is -2.04. The molecule has 6 heteroatoms. The molecule has 0 atom stereocenters. The number of rotatable bonds is 2. The van der Waals surface area contributed by atoms with Crippen molar-refractivity contribution in [2.45, 2.75) is 6.18 Å². The van der Waals surface area contributed by atoms with Crippen molar-refractivity contribution < 1.29 is 22.3 Å². The number of anilines is 1. The lowest BCUT2D eigenvalue weighted by molar-refractivity contribution is -0.137. The quantitative estimate of drug-likeness (QED) is 0.655. The molecule has 2 N–H and O–H groups in total. The van der Waals surface area contributed by atoms with Gasteiger partial charge in [0.05, 0.1) is 5.56 Å². The van der Waals surface area contributed by atoms with E-state index in [1.54, 1.807) is 0 Å². The normalized spacial score (nSPS) is 11.4. The first-order valence-corrected chi connectivity index (χ1v) is 5.26. The maximum Gasteiger partial charge on any atom is 0.416 e. The Labute approximate surface area is 106 Å². The zero-order valence-corrected chi connectivity index (χ0v) is 9.54. The van der Waals surface area contributed by atoms with Gasteiger partial charge in [-0.05, 0) is 36.4 Å². The van der Waals surface area contributed by atoms with Crippen molar-refractivity contribution in [1.82, 2.24) is 0 Å². The fourth-order valence-electron chi connectivity index (χ4n) is 1.44. The van der Waals surface area contributed by atoms with Crippen molar-refractivity contribution in [3.63, 3.8) is 0 Å². The summed E-state index contributed by atoms with van der Waals surface area (Å²) in [7, 11) is 0. The minimum absolute atomic E-state index is 0.0949. The number of benzene rings is 2. The fourth-order valence-corrected chi connectivity index (χ4v) is 1.44. The van der Waals surface area contributed by atoms with Crippen LogP contribution in [-0.4, -0.2) is 0 Å². The highest BCUT2D eigenvalue weighted by Gasteiger charge is 2.30. The minimum atomic E-state index is -4.42. The van der Waals surface area contributed by atoms with Crippen LogP contribution in [0, 0.1) is 5.82 Å². The monoisotopic (exact) mass is 271 g/mol. The first-order chi connectivity index (χ1) is 8.86. The van der Waals surface area contributed by atoms with Crippen LogP contribution in [0.25, 0.3) is 0 Å². The molecule has 0 unspecified atom stereocenters. The van der Waals surface area contributed by atoms with Gasteiger partial charge in [0, 0.05) is 11.8 Å². The van der Waals surface area contributed by atoms with Crippen molar-refractivity contribution in [2.75, 3.05) is 5.73 Å². The Hall–Kier alpha value is -2.24. The van der Waals surface area contributed by atoms with Crippen LogP contribution in [0.2, 0.25) is 0 Å². The Kier molecular flexibility index (Phi) is 3.33. The van der Waals surface area contributed by atoms with Crippen molar-refractivity contribution >= 4 is 5.69 Å². The molecule has 0 aliphatic heterocycles. The van der Waals surface area contributed by atoms with Gasteiger partial charge in [0.1, 0.15) is 5.75 Å². The molecule has 0 radical (unpaired) electrons. The van der Waals surface area contributed by atoms with Gasteiger partial charge in [0.15, 0.2) is 11.6 Å². The lowest BCUT2D eigenvalue weighted by Gasteiger charge is -2.09. The molecule has 2 nitrogen and oxygen atoms in total. The van der Waals surface area contributed by atoms with Crippen LogP contribution in [0.1, 0.15) is 5.56 Å². The van der Waals surface area contributed by atoms with E-state index in [4.69, 9.17) is 10.5 Å². The summed E-state index contributed by atoms with van der Waals surface area (Å²) >= 11 is 0. The van der Waals surface area contributed by atoms with Gasteiger partial charge in [-0.15, -0.1) is 0 Å². The number of nitrogens with two attached hydrogens (primary N) is 1. The van der Waals surface area contributed by atoms with E-state index in [1.165, 1.54) is 12.1 Å². The maximum absolute atomic E-state index is 13.4. The second-order valence-electron chi connectivity index (χ2n) is 3.81. The summed E-state index contributed by atoms with van der Waals surface area (Å²) in [5.41, 5.74) is 4.96. The molecular formula is C13H9F4NO. The van der Waals surface area contributed by atoms with Crippen LogP contribution in [0.5, 0.6) is 11.5 Å². The van der Waals surface area contributed by atoms with Crippen molar-refractivity contribution in [3.8, 4) is 11.5 Å². The first-order valence-electron chi connectivity index (χ1n) is 5.26. The molecule has 0 aliphatic rings. The highest BCUT2D eigenvalue weighted by Crippen LogP contribution is 2.32. The number of hydrogen-bond donors (Lipinski definition) is 1. The Morgan fingerprint density at radius 2 is 1.58 bits per heavy atom. The summed E-state index contributed by atoms with van der Waals surface area (Å²) in [6.07, 6.45) is -4.42. The zero-order chi connectivity index (χ0) is 14.0. The summed E-state index contributed by atoms with van der Waals surface area (Å²) in [5, 5.41) is 0. The van der Waals surface area contributed by atoms with E-state index in [0.29, 0.717) is 5.69 Å². The summed E-state index contributed by atoms with van der Waals surface area (Å²) in [4.78, 5) is 0. The van der Waals surface area contributed by atoms with E-state index in [-0.39, 0.29) is 11.5 Å². The Morgan fingerprint density at radius 1 is 0.947 bits per heavy atom. The van der Waals surface area contributed by atoms with Gasteiger partial charge in [0.25, 0.3) is 0 Å². The van der Waals surface area contributed by atoms with Crippen LogP contribution in [0.15, 0.2) is 42.5 Å². The number of nitrogen functional groups attached to an aromatic ring is 1. The highest BCUT2D eigenvalue weighted by molar-refractivity contribution is 5.46. The SMILES string of the molecule is Nc1ccc(F)c(Oc2ccc(C(F)(F)F)cc2)c1. The smallest absolute Gasteiger partial charge is 0.416 e. The van der Waals surface area contributed by atoms with E-state index in [2.05, 4.69) is 0 Å². The number of hydrogen-bond acceptors (Lipinski definition) is 2. The summed E-state index contributed by atoms with van der Waals surface area (Å²) in [6.45, 7) is 0. The molecule has 0 saturated carbocycles. The highest BCUT2D eigenvalue weighted by atomic mass is 19.4. The number of alkyl halides is 3. The van der Waals surface area contributed by atoms with Crippen molar-refractivity contribution in [3.05, 3.63) is 53.8 Å². The lowest BCUT2D eigenvalue weighted by atomic mass is 10.2. The third kappa shape index (κ3) is 3.15. The Morgan fingerprint density at radius 3 is 2.16 bits per heavy atom. The average Bonchev–Trinajstić information content (AvgIpc) is 2.33. The summed E-state index contributed by atoms with van der Waals surface area (Å²) in [5.74, 6) is -0.689. The molecule has 0 spiro atoms. The molecular weight excluding hydrogens is 262 g/mol. The van der Waals surface area contributed by atoms with E-state index >= 15 is 0 Å². The molecule has 0 amide bonds. The van der Waals surface area contributed by atoms with Crippen LogP contribution in [0.4, 0.5) is 23.2 Å². The largest absolute Gasteiger partial charge is 0.454 e. The van der Waals surface area contributed by atoms with Crippen molar-refractivity contribution in [2.24, 2.45) is 0 Å². The van der Waals surface area contributed by atoms with Crippen molar-refractivity contribution in [1.29, 1.82) is 0 Å². The third-order valence-electron chi connectivity index (χ3n) is 2.36. The molecule has 2 aromatic carbocycles. The van der Waals surface area contributed by atoms with E-state index in [9.17, 15) is 17.6 Å². The van der Waals surface area contributed by atoms with Crippen LogP contribution >= 0.6 is 0 Å². The molecule has 2 rings (SSSR count). The summed E-state index contributed by atoms with van der Waals surface area (Å²) < 4.78 is 55.5. The first kappa shape index (κ1) is 13.2. The third-order valence-corrected chi connectivity index (χ3v) is 2.36. The van der Waals surface area contributed by atoms with Gasteiger partial charge < -0.3 is 10.5 Å².